The highest BCUT2D eigenvalue weighted by molar-refractivity contribution is 4.91. The average Bonchev–Trinajstić information content (AvgIpc) is 3.16. The van der Waals surface area contributed by atoms with Crippen molar-refractivity contribution in [2.75, 3.05) is 81.7 Å². The molecule has 0 radical (unpaired) electrons. The topological polar surface area (TPSA) is 77.9 Å². The van der Waals surface area contributed by atoms with Gasteiger partial charge in [-0.3, -0.25) is 0 Å². The second-order valence-corrected chi connectivity index (χ2v) is 9.39. The van der Waals surface area contributed by atoms with Crippen LogP contribution in [0.15, 0.2) is 12.2 Å². The summed E-state index contributed by atoms with van der Waals surface area (Å²) in [6.07, 6.45) is 9.49. The highest BCUT2D eigenvalue weighted by atomic mass is 16.5. The highest BCUT2D eigenvalue weighted by Crippen LogP contribution is 2.12. The Morgan fingerprint density at radius 3 is 1.91 bits per heavy atom. The summed E-state index contributed by atoms with van der Waals surface area (Å²) in [6, 6.07) is 0. The van der Waals surface area contributed by atoms with Gasteiger partial charge >= 0.3 is 0 Å². The van der Waals surface area contributed by atoms with Crippen LogP contribution in [0.3, 0.4) is 0 Å². The molecule has 0 aromatic carbocycles. The molecule has 0 aromatic rings. The fourth-order valence-electron chi connectivity index (χ4n) is 4.18. The number of aliphatic hydroxyl groups excluding tert-OH is 2. The lowest BCUT2D eigenvalue weighted by atomic mass is 10.1. The van der Waals surface area contributed by atoms with E-state index in [2.05, 4.69) is 40.9 Å². The molecule has 0 aliphatic carbocycles. The van der Waals surface area contributed by atoms with E-state index in [4.69, 9.17) is 14.2 Å². The van der Waals surface area contributed by atoms with Crippen molar-refractivity contribution < 1.29 is 24.4 Å². The second-order valence-electron chi connectivity index (χ2n) is 9.39. The molecule has 2 N–H and O–H groups in total. The van der Waals surface area contributed by atoms with Crippen LogP contribution < -0.4 is 0 Å². The molecule has 198 valence electrons. The number of rotatable bonds is 3. The Morgan fingerprint density at radius 2 is 1.27 bits per heavy atom. The van der Waals surface area contributed by atoms with Gasteiger partial charge in [-0.2, -0.15) is 0 Å². The standard InChI is InChI=1S/2C8H17NO2.C8H15NO.CH4/c1-9-4-3-7(10)5-8(6-9)11-2;1-9-5-7(10)3-4-8(6-9)11-2;1-9-6-4-3-5-8(7-9)10-2;/h2*7-8,10H,3-6H2,1-2H3;3-4,8H,5-7H2,1-2H3;1H4. The van der Waals surface area contributed by atoms with Crippen LogP contribution in [0.25, 0.3) is 0 Å². The van der Waals surface area contributed by atoms with Crippen LogP contribution in [-0.2, 0) is 14.2 Å². The molecule has 3 aliphatic heterocycles. The van der Waals surface area contributed by atoms with E-state index in [1.54, 1.807) is 21.3 Å². The maximum atomic E-state index is 9.40. The first-order chi connectivity index (χ1) is 15.3. The van der Waals surface area contributed by atoms with Crippen LogP contribution in [0.1, 0.15) is 39.5 Å². The molecule has 2 fully saturated rings. The van der Waals surface area contributed by atoms with Crippen molar-refractivity contribution in [2.45, 2.75) is 70.1 Å². The zero-order chi connectivity index (χ0) is 23.9. The number of β-amino-alcohol motifs (C(OH)–C–C–N with tert-alkyl or cyclic N) is 1. The summed E-state index contributed by atoms with van der Waals surface area (Å²) in [4.78, 5) is 6.58. The number of hydrogen-bond acceptors (Lipinski definition) is 8. The van der Waals surface area contributed by atoms with E-state index in [0.29, 0.717) is 12.2 Å². The molecule has 0 amide bonds. The summed E-state index contributed by atoms with van der Waals surface area (Å²) >= 11 is 0. The van der Waals surface area contributed by atoms with Crippen molar-refractivity contribution in [1.82, 2.24) is 14.7 Å². The van der Waals surface area contributed by atoms with Gasteiger partial charge in [-0.15, -0.1) is 0 Å². The van der Waals surface area contributed by atoms with Gasteiger partial charge in [-0.1, -0.05) is 19.6 Å². The lowest BCUT2D eigenvalue weighted by molar-refractivity contribution is 0.0468. The number of aliphatic hydroxyl groups is 2. The van der Waals surface area contributed by atoms with Crippen LogP contribution in [-0.4, -0.2) is 137 Å². The van der Waals surface area contributed by atoms with Crippen molar-refractivity contribution in [3.05, 3.63) is 12.2 Å². The number of hydrogen-bond donors (Lipinski definition) is 2. The zero-order valence-corrected chi connectivity index (χ0v) is 21.3. The number of likely N-dealkylation sites (tertiary alicyclic amines) is 2. The Hall–Kier alpha value is -0.580. The monoisotopic (exact) mass is 475 g/mol. The molecule has 0 spiro atoms. The third kappa shape index (κ3) is 15.1. The van der Waals surface area contributed by atoms with Gasteiger partial charge in [0.15, 0.2) is 0 Å². The van der Waals surface area contributed by atoms with Crippen molar-refractivity contribution >= 4 is 0 Å². The number of likely N-dealkylation sites (N-methyl/N-ethyl adjacent to an activating group) is 3. The quantitative estimate of drug-likeness (QED) is 0.598. The predicted octanol–water partition coefficient (Wildman–Crippen LogP) is 1.71. The first kappa shape index (κ1) is 32.4. The van der Waals surface area contributed by atoms with E-state index in [9.17, 15) is 10.2 Å². The number of methoxy groups -OCH3 is 3. The molecule has 8 heteroatoms. The molecule has 5 atom stereocenters. The van der Waals surface area contributed by atoms with E-state index < -0.39 is 0 Å². The van der Waals surface area contributed by atoms with Gasteiger partial charge in [0.25, 0.3) is 0 Å². The SMILES string of the molecule is C.COC1CC(O)CCN(C)C1.COC1CC=CCN(C)C1.COC1CCC(O)CN(C)C1. The van der Waals surface area contributed by atoms with Gasteiger partial charge < -0.3 is 39.1 Å². The normalized spacial score (nSPS) is 32.1. The zero-order valence-electron chi connectivity index (χ0n) is 21.3. The van der Waals surface area contributed by atoms with Crippen molar-refractivity contribution in [1.29, 1.82) is 0 Å². The van der Waals surface area contributed by atoms with Gasteiger partial charge in [-0.05, 0) is 46.8 Å². The maximum absolute atomic E-state index is 9.40. The lowest BCUT2D eigenvalue weighted by Crippen LogP contribution is -2.31. The first-order valence-corrected chi connectivity index (χ1v) is 11.9. The Kier molecular flexibility index (Phi) is 18.4. The summed E-state index contributed by atoms with van der Waals surface area (Å²) in [5, 5.41) is 18.8. The van der Waals surface area contributed by atoms with Gasteiger partial charge in [0, 0.05) is 67.0 Å². The van der Waals surface area contributed by atoms with E-state index in [1.165, 1.54) is 0 Å². The minimum absolute atomic E-state index is 0. The molecule has 3 heterocycles. The fourth-order valence-corrected chi connectivity index (χ4v) is 4.18. The molecule has 0 saturated carbocycles. The Labute approximate surface area is 203 Å². The Morgan fingerprint density at radius 1 is 0.667 bits per heavy atom. The maximum Gasteiger partial charge on any atom is 0.0732 e. The Bertz CT molecular complexity index is 485. The third-order valence-corrected chi connectivity index (χ3v) is 6.25. The van der Waals surface area contributed by atoms with Gasteiger partial charge in [-0.25, -0.2) is 0 Å². The van der Waals surface area contributed by atoms with E-state index in [-0.39, 0.29) is 25.7 Å². The highest BCUT2D eigenvalue weighted by Gasteiger charge is 2.21. The first-order valence-electron chi connectivity index (χ1n) is 11.9. The van der Waals surface area contributed by atoms with Gasteiger partial charge in [0.05, 0.1) is 30.5 Å². The molecule has 3 aliphatic rings. The fraction of sp³-hybridized carbons (Fsp3) is 0.920. The number of ether oxygens (including phenoxy) is 3. The summed E-state index contributed by atoms with van der Waals surface area (Å²) in [5.41, 5.74) is 0. The minimum Gasteiger partial charge on any atom is -0.393 e. The lowest BCUT2D eigenvalue weighted by Gasteiger charge is -2.18. The molecule has 5 unspecified atom stereocenters. The Balaban J connectivity index is 0.000000459. The van der Waals surface area contributed by atoms with Crippen molar-refractivity contribution in [2.24, 2.45) is 0 Å². The molecule has 8 nitrogen and oxygen atoms in total. The van der Waals surface area contributed by atoms with Crippen LogP contribution in [0.4, 0.5) is 0 Å². The molecule has 3 rings (SSSR count). The molecular weight excluding hydrogens is 422 g/mol. The minimum atomic E-state index is -0.176. The molecule has 0 aromatic heterocycles. The average molecular weight is 476 g/mol. The van der Waals surface area contributed by atoms with Gasteiger partial charge in [0.2, 0.25) is 0 Å². The van der Waals surface area contributed by atoms with Crippen molar-refractivity contribution in [3.63, 3.8) is 0 Å². The summed E-state index contributed by atoms with van der Waals surface area (Å²) in [6.45, 7) is 5.73. The predicted molar refractivity (Wildman–Crippen MR) is 136 cm³/mol. The van der Waals surface area contributed by atoms with Crippen LogP contribution >= 0.6 is 0 Å². The third-order valence-electron chi connectivity index (χ3n) is 6.25. The summed E-state index contributed by atoms with van der Waals surface area (Å²) in [5.74, 6) is 0. The molecule has 33 heavy (non-hydrogen) atoms. The molecule has 0 bridgehead atoms. The largest absolute Gasteiger partial charge is 0.393 e. The van der Waals surface area contributed by atoms with E-state index >= 15 is 0 Å². The van der Waals surface area contributed by atoms with Crippen LogP contribution in [0.5, 0.6) is 0 Å². The summed E-state index contributed by atoms with van der Waals surface area (Å²) < 4.78 is 15.7. The molecule has 2 saturated heterocycles. The number of nitrogens with zero attached hydrogens (tertiary/aromatic N) is 3. The van der Waals surface area contributed by atoms with E-state index in [0.717, 1.165) is 71.4 Å². The van der Waals surface area contributed by atoms with E-state index in [1.807, 2.05) is 7.05 Å². The molecular formula is C25H53N3O5. The van der Waals surface area contributed by atoms with Crippen LogP contribution in [0.2, 0.25) is 0 Å². The van der Waals surface area contributed by atoms with Crippen LogP contribution in [0, 0.1) is 0 Å². The van der Waals surface area contributed by atoms with Crippen molar-refractivity contribution in [3.8, 4) is 0 Å². The summed E-state index contributed by atoms with van der Waals surface area (Å²) in [7, 11) is 11.4. The van der Waals surface area contributed by atoms with Gasteiger partial charge in [0.1, 0.15) is 0 Å². The smallest absolute Gasteiger partial charge is 0.0732 e. The second kappa shape index (κ2) is 18.7.